The zero-order valence-electron chi connectivity index (χ0n) is 19.2. The van der Waals surface area contributed by atoms with Gasteiger partial charge in [-0.15, -0.1) is 17.7 Å². The molecule has 0 aliphatic carbocycles. The van der Waals surface area contributed by atoms with Gasteiger partial charge in [0.2, 0.25) is 6.71 Å². The van der Waals surface area contributed by atoms with Crippen LogP contribution in [0.15, 0.2) is 60.7 Å². The number of benzene rings is 4. The number of hydrogen-bond donors (Lipinski definition) is 0. The Labute approximate surface area is 202 Å². The summed E-state index contributed by atoms with van der Waals surface area (Å²) in [5.74, 6) is 1.75. The van der Waals surface area contributed by atoms with Gasteiger partial charge in [0.25, 0.3) is 0 Å². The molecule has 0 aromatic heterocycles. The summed E-state index contributed by atoms with van der Waals surface area (Å²) in [6.07, 6.45) is 0. The SMILES string of the molecule is Cc1cc[c-]c(-c2[c-]c3c4c(c2)N(C)c2ccc(C)cc2B4c2cc(C)ccc2O3)c1.[Li+]. The van der Waals surface area contributed by atoms with Gasteiger partial charge in [0.1, 0.15) is 5.75 Å². The molecular formula is C28H22BLiNO-. The molecule has 0 radical (unpaired) electrons. The first kappa shape index (κ1) is 21.0. The summed E-state index contributed by atoms with van der Waals surface area (Å²) in [5.41, 5.74) is 12.0. The molecule has 4 heteroatoms. The van der Waals surface area contributed by atoms with E-state index in [9.17, 15) is 0 Å². The van der Waals surface area contributed by atoms with Crippen molar-refractivity contribution in [3.05, 3.63) is 89.5 Å². The van der Waals surface area contributed by atoms with Crippen molar-refractivity contribution in [1.29, 1.82) is 0 Å². The molecule has 150 valence electrons. The van der Waals surface area contributed by atoms with Crippen molar-refractivity contribution in [2.24, 2.45) is 0 Å². The summed E-state index contributed by atoms with van der Waals surface area (Å²) in [6, 6.07) is 28.7. The molecule has 2 heterocycles. The number of nitrogens with zero attached hydrogens (tertiary/aromatic N) is 1. The van der Waals surface area contributed by atoms with E-state index in [2.05, 4.69) is 99.4 Å². The van der Waals surface area contributed by atoms with Crippen LogP contribution >= 0.6 is 0 Å². The maximum absolute atomic E-state index is 6.47. The fourth-order valence-electron chi connectivity index (χ4n) is 4.99. The molecule has 32 heavy (non-hydrogen) atoms. The molecule has 0 fully saturated rings. The van der Waals surface area contributed by atoms with E-state index in [0.717, 1.165) is 22.6 Å². The summed E-state index contributed by atoms with van der Waals surface area (Å²) in [7, 11) is 2.15. The normalized spacial score (nSPS) is 12.9. The Morgan fingerprint density at radius 2 is 1.50 bits per heavy atom. The van der Waals surface area contributed by atoms with Gasteiger partial charge >= 0.3 is 18.9 Å². The van der Waals surface area contributed by atoms with E-state index in [4.69, 9.17) is 4.74 Å². The average Bonchev–Trinajstić information content (AvgIpc) is 2.76. The molecule has 6 rings (SSSR count). The van der Waals surface area contributed by atoms with Gasteiger partial charge in [-0.05, 0) is 37.1 Å². The van der Waals surface area contributed by atoms with Gasteiger partial charge in [0.05, 0.1) is 0 Å². The van der Waals surface area contributed by atoms with Gasteiger partial charge in [-0.3, -0.25) is 0 Å². The van der Waals surface area contributed by atoms with Crippen LogP contribution in [0.1, 0.15) is 16.7 Å². The Kier molecular flexibility index (Phi) is 5.01. The van der Waals surface area contributed by atoms with E-state index >= 15 is 0 Å². The monoisotopic (exact) mass is 406 g/mol. The second kappa shape index (κ2) is 7.63. The Balaban J connectivity index is 0.00000216. The molecule has 0 saturated heterocycles. The van der Waals surface area contributed by atoms with Crippen LogP contribution in [-0.2, 0) is 0 Å². The molecule has 0 saturated carbocycles. The van der Waals surface area contributed by atoms with Crippen LogP contribution in [0.2, 0.25) is 0 Å². The van der Waals surface area contributed by atoms with Crippen LogP contribution in [0.25, 0.3) is 11.1 Å². The number of rotatable bonds is 1. The quantitative estimate of drug-likeness (QED) is 0.310. The van der Waals surface area contributed by atoms with Gasteiger partial charge in [-0.2, -0.15) is 24.3 Å². The second-order valence-corrected chi connectivity index (χ2v) is 8.79. The third-order valence-electron chi connectivity index (χ3n) is 6.49. The fraction of sp³-hybridized carbons (Fsp3) is 0.143. The molecule has 2 aliphatic heterocycles. The van der Waals surface area contributed by atoms with Gasteiger partial charge in [-0.25, -0.2) is 11.1 Å². The van der Waals surface area contributed by atoms with Crippen molar-refractivity contribution in [2.75, 3.05) is 11.9 Å². The Bertz CT molecular complexity index is 1380. The number of fused-ring (bicyclic) bond motifs is 4. The number of anilines is 2. The van der Waals surface area contributed by atoms with E-state index in [0.29, 0.717) is 0 Å². The van der Waals surface area contributed by atoms with Crippen molar-refractivity contribution in [1.82, 2.24) is 0 Å². The molecule has 0 amide bonds. The second-order valence-electron chi connectivity index (χ2n) is 8.79. The summed E-state index contributed by atoms with van der Waals surface area (Å²) < 4.78 is 6.47. The standard InChI is InChI=1S/C28H22BNO.Li/c1-17-6-5-7-20(12-17)21-15-25-28-27(16-21)31-26-11-9-19(3)14-23(26)29(28)22-13-18(2)8-10-24(22)30(25)4;/h5-6,8-15H,1-4H3;/q-2;+1. The van der Waals surface area contributed by atoms with Crippen LogP contribution in [0, 0.1) is 32.9 Å². The van der Waals surface area contributed by atoms with E-state index in [1.807, 2.05) is 6.07 Å². The van der Waals surface area contributed by atoms with Gasteiger partial charge in [0, 0.05) is 18.5 Å². The molecule has 0 unspecified atom stereocenters. The average molecular weight is 406 g/mol. The van der Waals surface area contributed by atoms with Crippen molar-refractivity contribution in [3.8, 4) is 22.6 Å². The van der Waals surface area contributed by atoms with Crippen molar-refractivity contribution in [3.63, 3.8) is 0 Å². The van der Waals surface area contributed by atoms with Crippen LogP contribution in [-0.4, -0.2) is 13.8 Å². The maximum Gasteiger partial charge on any atom is 1.00 e. The Morgan fingerprint density at radius 3 is 2.28 bits per heavy atom. The maximum atomic E-state index is 6.47. The van der Waals surface area contributed by atoms with Crippen molar-refractivity contribution in [2.45, 2.75) is 20.8 Å². The van der Waals surface area contributed by atoms with Gasteiger partial charge in [0.15, 0.2) is 0 Å². The fourth-order valence-corrected chi connectivity index (χ4v) is 4.99. The first-order valence-electron chi connectivity index (χ1n) is 10.7. The van der Waals surface area contributed by atoms with Gasteiger partial charge in [-0.1, -0.05) is 53.2 Å². The van der Waals surface area contributed by atoms with E-state index in [-0.39, 0.29) is 25.6 Å². The summed E-state index contributed by atoms with van der Waals surface area (Å²) >= 11 is 0. The molecule has 2 nitrogen and oxygen atoms in total. The minimum absolute atomic E-state index is 0. The molecule has 4 aromatic rings. The Hall–Kier alpha value is -2.86. The van der Waals surface area contributed by atoms with Crippen LogP contribution in [0.4, 0.5) is 11.4 Å². The molecule has 0 N–H and O–H groups in total. The smallest absolute Gasteiger partial charge is 0.479 e. The third-order valence-corrected chi connectivity index (χ3v) is 6.49. The molecule has 4 aromatic carbocycles. The zero-order chi connectivity index (χ0) is 21.3. The van der Waals surface area contributed by atoms with E-state index < -0.39 is 0 Å². The van der Waals surface area contributed by atoms with Crippen LogP contribution in [0.5, 0.6) is 11.5 Å². The number of hydrogen-bond acceptors (Lipinski definition) is 2. The zero-order valence-corrected chi connectivity index (χ0v) is 19.2. The third kappa shape index (κ3) is 3.12. The summed E-state index contributed by atoms with van der Waals surface area (Å²) in [4.78, 5) is 2.29. The predicted octanol–water partition coefficient (Wildman–Crippen LogP) is 1.59. The molecule has 0 spiro atoms. The molecular weight excluding hydrogens is 384 g/mol. The first-order valence-corrected chi connectivity index (χ1v) is 10.7. The van der Waals surface area contributed by atoms with Crippen molar-refractivity contribution < 1.29 is 23.6 Å². The molecule has 0 bridgehead atoms. The summed E-state index contributed by atoms with van der Waals surface area (Å²) in [6.45, 7) is 6.56. The van der Waals surface area contributed by atoms with E-state index in [1.54, 1.807) is 0 Å². The molecule has 2 aliphatic rings. The minimum Gasteiger partial charge on any atom is -0.479 e. The van der Waals surface area contributed by atoms with Crippen molar-refractivity contribution >= 4 is 34.5 Å². The Morgan fingerprint density at radius 1 is 0.781 bits per heavy atom. The summed E-state index contributed by atoms with van der Waals surface area (Å²) in [5, 5.41) is 0. The van der Waals surface area contributed by atoms with Gasteiger partial charge < -0.3 is 9.64 Å². The largest absolute Gasteiger partial charge is 1.00 e. The van der Waals surface area contributed by atoms with E-state index in [1.165, 1.54) is 44.5 Å². The number of ether oxygens (including phenoxy) is 1. The topological polar surface area (TPSA) is 12.5 Å². The predicted molar refractivity (Wildman–Crippen MR) is 129 cm³/mol. The minimum atomic E-state index is 0. The molecule has 0 atom stereocenters. The van der Waals surface area contributed by atoms with Crippen LogP contribution in [0.3, 0.4) is 0 Å². The van der Waals surface area contributed by atoms with Crippen LogP contribution < -0.4 is 44.9 Å². The first-order chi connectivity index (χ1) is 15.0. The number of aryl methyl sites for hydroxylation is 3.